The van der Waals surface area contributed by atoms with Crippen LogP contribution in [0.1, 0.15) is 24.3 Å². The van der Waals surface area contributed by atoms with Gasteiger partial charge in [0.1, 0.15) is 16.4 Å². The molecule has 1 fully saturated rings. The van der Waals surface area contributed by atoms with Crippen molar-refractivity contribution in [2.75, 3.05) is 25.0 Å². The van der Waals surface area contributed by atoms with Crippen LogP contribution in [0, 0.1) is 0 Å². The Morgan fingerprint density at radius 2 is 1.89 bits per heavy atom. The topological polar surface area (TPSA) is 91.6 Å². The number of aromatic nitrogens is 3. The minimum atomic E-state index is -3.74. The second-order valence-electron chi connectivity index (χ2n) is 7.58. The van der Waals surface area contributed by atoms with Crippen molar-refractivity contribution >= 4 is 21.7 Å². The number of sulfonamides is 1. The number of aryl methyl sites for hydroxylation is 1. The minimum Gasteiger partial charge on any atom is -0.352 e. The molecule has 2 aliphatic rings. The quantitative estimate of drug-likeness (QED) is 0.726. The van der Waals surface area contributed by atoms with Crippen LogP contribution in [0.4, 0.5) is 5.82 Å². The van der Waals surface area contributed by atoms with Gasteiger partial charge in [-0.2, -0.15) is 9.40 Å². The first-order valence-corrected chi connectivity index (χ1v) is 10.7. The van der Waals surface area contributed by atoms with E-state index in [0.717, 1.165) is 0 Å². The van der Waals surface area contributed by atoms with Crippen LogP contribution in [0.2, 0.25) is 0 Å². The molecule has 10 heteroatoms. The minimum absolute atomic E-state index is 0.190. The first-order valence-electron chi connectivity index (χ1n) is 9.22. The highest BCUT2D eigenvalue weighted by molar-refractivity contribution is 7.89. The van der Waals surface area contributed by atoms with Crippen molar-refractivity contribution in [2.24, 2.45) is 7.05 Å². The van der Waals surface area contributed by atoms with Crippen LogP contribution in [0.15, 0.2) is 35.5 Å². The Hall–Kier alpha value is -2.46. The molecular weight excluding hydrogens is 380 g/mol. The Morgan fingerprint density at radius 3 is 2.54 bits per heavy atom. The van der Waals surface area contributed by atoms with Crippen molar-refractivity contribution in [3.8, 4) is 0 Å². The normalized spacial score (nSPS) is 24.2. The lowest BCUT2D eigenvalue weighted by molar-refractivity contribution is 0.0775. The molecule has 0 radical (unpaired) electrons. The molecule has 0 aliphatic carbocycles. The maximum absolute atomic E-state index is 13.4. The average molecular weight is 404 g/mol. The number of carbonyl (C=O) groups is 1. The first kappa shape index (κ1) is 18.9. The zero-order chi connectivity index (χ0) is 20.2. The summed E-state index contributed by atoms with van der Waals surface area (Å²) >= 11 is 0. The second-order valence-corrected chi connectivity index (χ2v) is 9.40. The summed E-state index contributed by atoms with van der Waals surface area (Å²) in [5.74, 6) is 0.234. The summed E-state index contributed by atoms with van der Waals surface area (Å²) in [6, 6.07) is 4.11. The maximum atomic E-state index is 13.4. The molecule has 4 rings (SSSR count). The molecule has 2 atom stereocenters. The molecule has 28 heavy (non-hydrogen) atoms. The Balaban J connectivity index is 1.77. The van der Waals surface area contributed by atoms with Crippen LogP contribution < -0.4 is 4.90 Å². The maximum Gasteiger partial charge on any atom is 0.274 e. The predicted molar refractivity (Wildman–Crippen MR) is 103 cm³/mol. The van der Waals surface area contributed by atoms with Gasteiger partial charge in [-0.3, -0.25) is 9.48 Å². The fourth-order valence-electron chi connectivity index (χ4n) is 4.21. The zero-order valence-corrected chi connectivity index (χ0v) is 17.2. The number of fused-ring (bicyclic) bond motifs is 2. The molecule has 150 valence electrons. The van der Waals surface area contributed by atoms with Crippen LogP contribution in [0.5, 0.6) is 0 Å². The SMILES string of the molecule is CC(C)N1C2CN(C(=O)c3ccn(C)n3)CC2N(C)c2ncccc2S1(=O)=O. The third-order valence-electron chi connectivity index (χ3n) is 5.45. The summed E-state index contributed by atoms with van der Waals surface area (Å²) in [6.45, 7) is 4.44. The van der Waals surface area contributed by atoms with E-state index in [1.165, 1.54) is 4.31 Å². The number of likely N-dealkylation sites (N-methyl/N-ethyl adjacent to an activating group) is 1. The average Bonchev–Trinajstić information content (AvgIpc) is 3.25. The summed E-state index contributed by atoms with van der Waals surface area (Å²) in [5, 5.41) is 4.20. The van der Waals surface area contributed by atoms with Crippen LogP contribution >= 0.6 is 0 Å². The van der Waals surface area contributed by atoms with Gasteiger partial charge < -0.3 is 9.80 Å². The lowest BCUT2D eigenvalue weighted by Gasteiger charge is -2.33. The number of pyridine rings is 1. The van der Waals surface area contributed by atoms with E-state index in [9.17, 15) is 13.2 Å². The van der Waals surface area contributed by atoms with Gasteiger partial charge in [0, 0.05) is 45.6 Å². The number of hydrogen-bond donors (Lipinski definition) is 0. The molecule has 2 aliphatic heterocycles. The van der Waals surface area contributed by atoms with Crippen LogP contribution in [0.3, 0.4) is 0 Å². The Kier molecular flexibility index (Phi) is 4.42. The standard InChI is InChI=1S/C18H24N6O3S/c1-12(2)24-15-11-23(18(25)13-7-9-21(3)20-13)10-14(15)22(4)17-16(28(24,26)27)6-5-8-19-17/h5-9,12,14-15H,10-11H2,1-4H3. The lowest BCUT2D eigenvalue weighted by atomic mass is 10.1. The second kappa shape index (κ2) is 6.56. The number of amides is 1. The third-order valence-corrected chi connectivity index (χ3v) is 7.57. The van der Waals surface area contributed by atoms with Crippen LogP contribution in [0.25, 0.3) is 0 Å². The van der Waals surface area contributed by atoms with E-state index in [2.05, 4.69) is 10.1 Å². The van der Waals surface area contributed by atoms with Crippen molar-refractivity contribution in [3.05, 3.63) is 36.3 Å². The zero-order valence-electron chi connectivity index (χ0n) is 16.3. The molecule has 2 aromatic rings. The Labute approximate surface area is 164 Å². The first-order chi connectivity index (χ1) is 13.2. The van der Waals surface area contributed by atoms with Gasteiger partial charge in [-0.25, -0.2) is 13.4 Å². The molecule has 4 heterocycles. The van der Waals surface area contributed by atoms with E-state index in [4.69, 9.17) is 0 Å². The summed E-state index contributed by atoms with van der Waals surface area (Å²) in [6.07, 6.45) is 3.31. The van der Waals surface area contributed by atoms with Gasteiger partial charge in [-0.15, -0.1) is 0 Å². The fraction of sp³-hybridized carbons (Fsp3) is 0.500. The Morgan fingerprint density at radius 1 is 1.18 bits per heavy atom. The number of carbonyl (C=O) groups excluding carboxylic acids is 1. The van der Waals surface area contributed by atoms with Gasteiger partial charge >= 0.3 is 0 Å². The lowest BCUT2D eigenvalue weighted by Crippen LogP contribution is -2.52. The molecule has 2 aromatic heterocycles. The molecule has 0 aromatic carbocycles. The van der Waals surface area contributed by atoms with E-state index >= 15 is 0 Å². The molecular formula is C18H24N6O3S. The van der Waals surface area contributed by atoms with Crippen LogP contribution in [-0.2, 0) is 17.1 Å². The molecule has 1 amide bonds. The van der Waals surface area contributed by atoms with Gasteiger partial charge in [-0.1, -0.05) is 0 Å². The third kappa shape index (κ3) is 2.78. The molecule has 0 spiro atoms. The summed E-state index contributed by atoms with van der Waals surface area (Å²) < 4.78 is 30.0. The number of hydrogen-bond acceptors (Lipinski definition) is 6. The van der Waals surface area contributed by atoms with Crippen molar-refractivity contribution in [1.82, 2.24) is 24.0 Å². The van der Waals surface area contributed by atoms with Crippen molar-refractivity contribution < 1.29 is 13.2 Å². The van der Waals surface area contributed by atoms with Gasteiger partial charge in [-0.05, 0) is 32.0 Å². The Bertz CT molecular complexity index is 1020. The van der Waals surface area contributed by atoms with E-state index in [0.29, 0.717) is 24.6 Å². The molecule has 0 N–H and O–H groups in total. The largest absolute Gasteiger partial charge is 0.352 e. The van der Waals surface area contributed by atoms with Gasteiger partial charge in [0.05, 0.1) is 12.1 Å². The number of nitrogens with zero attached hydrogens (tertiary/aromatic N) is 6. The molecule has 2 unspecified atom stereocenters. The van der Waals surface area contributed by atoms with Crippen molar-refractivity contribution in [3.63, 3.8) is 0 Å². The summed E-state index contributed by atoms with van der Waals surface area (Å²) in [5.41, 5.74) is 0.360. The van der Waals surface area contributed by atoms with Crippen molar-refractivity contribution in [2.45, 2.75) is 36.9 Å². The number of anilines is 1. The van der Waals surface area contributed by atoms with Gasteiger partial charge in [0.25, 0.3) is 5.91 Å². The van der Waals surface area contributed by atoms with E-state index in [1.54, 1.807) is 47.2 Å². The van der Waals surface area contributed by atoms with Crippen molar-refractivity contribution in [1.29, 1.82) is 0 Å². The monoisotopic (exact) mass is 404 g/mol. The highest BCUT2D eigenvalue weighted by Crippen LogP contribution is 2.37. The highest BCUT2D eigenvalue weighted by atomic mass is 32.2. The van der Waals surface area contributed by atoms with Gasteiger partial charge in [0.2, 0.25) is 10.0 Å². The highest BCUT2D eigenvalue weighted by Gasteiger charge is 2.50. The van der Waals surface area contributed by atoms with E-state index in [1.807, 2.05) is 25.8 Å². The van der Waals surface area contributed by atoms with Gasteiger partial charge in [0.15, 0.2) is 0 Å². The molecule has 9 nitrogen and oxygen atoms in total. The fourth-order valence-corrected chi connectivity index (χ4v) is 6.24. The predicted octanol–water partition coefficient (Wildman–Crippen LogP) is 0.557. The summed E-state index contributed by atoms with van der Waals surface area (Å²) in [4.78, 5) is 21.1. The molecule has 0 bridgehead atoms. The van der Waals surface area contributed by atoms with E-state index in [-0.39, 0.29) is 28.9 Å². The van der Waals surface area contributed by atoms with Crippen LogP contribution in [-0.4, -0.2) is 76.6 Å². The summed E-state index contributed by atoms with van der Waals surface area (Å²) in [7, 11) is -0.141. The molecule has 1 saturated heterocycles. The van der Waals surface area contributed by atoms with E-state index < -0.39 is 10.0 Å². The number of likely N-dealkylation sites (tertiary alicyclic amines) is 1. The number of rotatable bonds is 2. The smallest absolute Gasteiger partial charge is 0.274 e. The molecule has 0 saturated carbocycles.